The Morgan fingerprint density at radius 3 is 2.10 bits per heavy atom. The Hall–Kier alpha value is -6.89. The molecule has 0 unspecified atom stereocenters. The number of furan rings is 1. The third-order valence-electron chi connectivity index (χ3n) is 16.9. The van der Waals surface area contributed by atoms with E-state index in [9.17, 15) is 0 Å². The molecule has 3 aliphatic rings. The summed E-state index contributed by atoms with van der Waals surface area (Å²) < 4.78 is 10.4. The fourth-order valence-electron chi connectivity index (χ4n) is 12.7. The van der Waals surface area contributed by atoms with Crippen LogP contribution in [-0.2, 0) is 21.7 Å². The molecule has 1 aliphatic heterocycles. The first-order valence-electron chi connectivity index (χ1n) is 25.2. The number of nitrogens with zero attached hydrogens (tertiary/aromatic N) is 2. The number of benzene rings is 8. The van der Waals surface area contributed by atoms with E-state index in [-0.39, 0.29) is 21.7 Å². The molecule has 0 fully saturated rings. The summed E-state index contributed by atoms with van der Waals surface area (Å²) in [7, 11) is 0.779. The minimum Gasteiger partial charge on any atom is -0.456 e. The van der Waals surface area contributed by atoms with E-state index in [4.69, 9.17) is 9.40 Å². The second-order valence-electron chi connectivity index (χ2n) is 23.5. The summed E-state index contributed by atoms with van der Waals surface area (Å²) in [6, 6.07) is 52.7. The van der Waals surface area contributed by atoms with E-state index in [0.717, 1.165) is 62.2 Å². The molecule has 2 aliphatic carbocycles. The summed E-state index contributed by atoms with van der Waals surface area (Å²) >= 11 is 1.77. The second kappa shape index (κ2) is 14.1. The van der Waals surface area contributed by atoms with Gasteiger partial charge in [0.1, 0.15) is 16.2 Å². The van der Waals surface area contributed by atoms with Crippen LogP contribution in [0, 0.1) is 0 Å². The van der Waals surface area contributed by atoms with Gasteiger partial charge >= 0.3 is 0 Å². The third-order valence-corrected chi connectivity index (χ3v) is 17.9. The number of aromatic nitrogens is 2. The molecule has 70 heavy (non-hydrogen) atoms. The summed E-state index contributed by atoms with van der Waals surface area (Å²) in [5, 5.41) is 9.89. The fraction of sp³-hybridized carbons (Fsp3) is 0.234. The number of hydrogen-bond donors (Lipinski definition) is 1. The lowest BCUT2D eigenvalue weighted by molar-refractivity contribution is 0.331. The minimum atomic E-state index is -0.190. The minimum absolute atomic E-state index is 0.0606. The van der Waals surface area contributed by atoms with Crippen molar-refractivity contribution >= 4 is 94.9 Å². The van der Waals surface area contributed by atoms with Crippen LogP contribution in [0.1, 0.15) is 103 Å². The maximum atomic E-state index is 6.62. The topological polar surface area (TPSA) is 43.0 Å². The van der Waals surface area contributed by atoms with Gasteiger partial charge in [0.25, 0.3) is 0 Å². The van der Waals surface area contributed by atoms with E-state index >= 15 is 0 Å². The first kappa shape index (κ1) is 42.0. The monoisotopic (exact) mass is 925 g/mol. The van der Waals surface area contributed by atoms with Gasteiger partial charge in [-0.25, -0.2) is 4.98 Å². The first-order valence-corrected chi connectivity index (χ1v) is 26.0. The molecule has 6 heteroatoms. The lowest BCUT2D eigenvalue weighted by atomic mass is 9.59. The summed E-state index contributed by atoms with van der Waals surface area (Å²) in [5.41, 5.74) is 24.9. The van der Waals surface area contributed by atoms with Gasteiger partial charge in [-0.15, -0.1) is 11.3 Å². The van der Waals surface area contributed by atoms with Crippen molar-refractivity contribution in [3.05, 3.63) is 167 Å². The molecule has 11 aromatic rings. The van der Waals surface area contributed by atoms with Crippen molar-refractivity contribution in [2.75, 3.05) is 5.32 Å². The molecule has 4 heterocycles. The van der Waals surface area contributed by atoms with E-state index in [1.54, 1.807) is 11.3 Å². The van der Waals surface area contributed by atoms with Crippen LogP contribution in [0.4, 0.5) is 11.4 Å². The molecule has 0 spiro atoms. The quantitative estimate of drug-likeness (QED) is 0.179. The zero-order valence-corrected chi connectivity index (χ0v) is 42.4. The smallest absolute Gasteiger partial charge is 0.198 e. The van der Waals surface area contributed by atoms with Crippen molar-refractivity contribution in [2.24, 2.45) is 0 Å². The molecule has 1 N–H and O–H groups in total. The predicted molar refractivity (Wildman–Crippen MR) is 300 cm³/mol. The molecular formula is C64H56BN3OS. The number of nitrogens with one attached hydrogen (secondary N) is 1. The van der Waals surface area contributed by atoms with E-state index in [2.05, 4.69) is 212 Å². The molecule has 342 valence electrons. The Kier molecular flexibility index (Phi) is 8.49. The molecule has 14 rings (SSSR count). The fourth-order valence-corrected chi connectivity index (χ4v) is 13.7. The molecular weight excluding hydrogens is 870 g/mol. The van der Waals surface area contributed by atoms with Crippen LogP contribution in [-0.4, -0.2) is 16.8 Å². The van der Waals surface area contributed by atoms with Crippen LogP contribution in [0.15, 0.2) is 144 Å². The molecule has 0 saturated heterocycles. The van der Waals surface area contributed by atoms with Crippen molar-refractivity contribution in [1.29, 1.82) is 0 Å². The van der Waals surface area contributed by atoms with Crippen molar-refractivity contribution in [2.45, 2.75) is 96.8 Å². The van der Waals surface area contributed by atoms with Crippen molar-refractivity contribution in [3.8, 4) is 38.5 Å². The Balaban J connectivity index is 1.04. The molecule has 4 nitrogen and oxygen atoms in total. The third kappa shape index (κ3) is 5.98. The zero-order chi connectivity index (χ0) is 47.8. The average Bonchev–Trinajstić information content (AvgIpc) is 4.07. The molecule has 0 atom stereocenters. The first-order chi connectivity index (χ1) is 33.5. The van der Waals surface area contributed by atoms with E-state index in [1.165, 1.54) is 101 Å². The maximum absolute atomic E-state index is 6.62. The van der Waals surface area contributed by atoms with Crippen LogP contribution in [0.2, 0.25) is 0 Å². The van der Waals surface area contributed by atoms with Gasteiger partial charge in [-0.3, -0.25) is 0 Å². The largest absolute Gasteiger partial charge is 0.456 e. The van der Waals surface area contributed by atoms with Gasteiger partial charge in [-0.1, -0.05) is 147 Å². The van der Waals surface area contributed by atoms with Crippen LogP contribution in [0.25, 0.3) is 92.5 Å². The van der Waals surface area contributed by atoms with Crippen LogP contribution < -0.4 is 16.2 Å². The van der Waals surface area contributed by atoms with E-state index in [0.29, 0.717) is 0 Å². The Labute approximate surface area is 414 Å². The van der Waals surface area contributed by atoms with Gasteiger partial charge in [-0.2, -0.15) is 0 Å². The number of hydrogen-bond acceptors (Lipinski definition) is 4. The predicted octanol–water partition coefficient (Wildman–Crippen LogP) is 16.0. The van der Waals surface area contributed by atoms with Gasteiger partial charge in [0, 0.05) is 66.7 Å². The Bertz CT molecular complexity index is 4060. The highest BCUT2D eigenvalue weighted by atomic mass is 32.1. The summed E-state index contributed by atoms with van der Waals surface area (Å²) in [4.78, 5) is 5.28. The van der Waals surface area contributed by atoms with Gasteiger partial charge in [0.05, 0.1) is 15.7 Å². The van der Waals surface area contributed by atoms with Crippen LogP contribution >= 0.6 is 11.3 Å². The SMILES string of the molecule is CC(C)(C)c1ccc(Nc2cc3c(cc2-c2ccc4c5cc6c(cc5n5c4c2Bc2cc4nc(-c7ccccc7)sc4cc2-5)oc2ccccc26)-c2cc4c(cc2C3(C)C)C(C)(C)CCC4(C)C)cc1. The molecule has 0 radical (unpaired) electrons. The van der Waals surface area contributed by atoms with E-state index < -0.39 is 0 Å². The highest BCUT2D eigenvalue weighted by Crippen LogP contribution is 2.56. The number of anilines is 2. The Morgan fingerprint density at radius 1 is 0.614 bits per heavy atom. The van der Waals surface area contributed by atoms with Crippen molar-refractivity contribution in [1.82, 2.24) is 9.55 Å². The molecule has 0 bridgehead atoms. The zero-order valence-electron chi connectivity index (χ0n) is 41.6. The number of para-hydroxylation sites is 1. The molecule has 0 saturated carbocycles. The second-order valence-corrected chi connectivity index (χ2v) is 24.6. The normalized spacial score (nSPS) is 16.1. The number of rotatable bonds is 4. The molecule has 3 aromatic heterocycles. The number of thiazole rings is 1. The average molecular weight is 926 g/mol. The standard InChI is InChI=1S/C64H56BN3OS/c1-61(2,3)36-19-21-37(22-20-36)66-51-31-47-41(42-29-48-49(30-46(42)64(47,8)9)63(6,7)26-25-62(48,4)5)27-43(51)39-23-24-40-44-28-45-38-17-13-14-18-55(38)69-56(45)33-53(44)68-54-34-57-52(32-50(54)65-58(39)59(40)68)67-60(70-57)35-15-11-10-12-16-35/h10-24,27-34,65-66H,25-26H2,1-9H3. The van der Waals surface area contributed by atoms with Crippen LogP contribution in [0.5, 0.6) is 0 Å². The Morgan fingerprint density at radius 2 is 1.33 bits per heavy atom. The van der Waals surface area contributed by atoms with Crippen molar-refractivity contribution in [3.63, 3.8) is 0 Å². The lowest BCUT2D eigenvalue weighted by Gasteiger charge is -2.42. The summed E-state index contributed by atoms with van der Waals surface area (Å²) in [6.07, 6.45) is 2.38. The van der Waals surface area contributed by atoms with Crippen LogP contribution in [0.3, 0.4) is 0 Å². The van der Waals surface area contributed by atoms with Gasteiger partial charge in [-0.05, 0) is 134 Å². The summed E-state index contributed by atoms with van der Waals surface area (Å²) in [6.45, 7) is 21.6. The van der Waals surface area contributed by atoms with Crippen molar-refractivity contribution < 1.29 is 4.42 Å². The van der Waals surface area contributed by atoms with Gasteiger partial charge in [0.2, 0.25) is 0 Å². The van der Waals surface area contributed by atoms with E-state index in [1.807, 2.05) is 0 Å². The van der Waals surface area contributed by atoms with Gasteiger partial charge < -0.3 is 14.3 Å². The summed E-state index contributed by atoms with van der Waals surface area (Å²) in [5.74, 6) is 0. The number of fused-ring (bicyclic) bond motifs is 13. The maximum Gasteiger partial charge on any atom is 0.198 e. The highest BCUT2D eigenvalue weighted by molar-refractivity contribution is 7.21. The highest BCUT2D eigenvalue weighted by Gasteiger charge is 2.43. The van der Waals surface area contributed by atoms with Gasteiger partial charge in [0.15, 0.2) is 7.28 Å². The lowest BCUT2D eigenvalue weighted by Crippen LogP contribution is -2.37. The molecule has 8 aromatic carbocycles. The molecule has 0 amide bonds.